The van der Waals surface area contributed by atoms with Crippen LogP contribution >= 0.6 is 23.2 Å². The first-order valence-corrected chi connectivity index (χ1v) is 4.94. The van der Waals surface area contributed by atoms with E-state index in [9.17, 15) is 9.59 Å². The van der Waals surface area contributed by atoms with Crippen molar-refractivity contribution in [1.29, 1.82) is 0 Å². The number of hydrogen-bond acceptors (Lipinski definition) is 3. The van der Waals surface area contributed by atoms with Gasteiger partial charge in [0.1, 0.15) is 5.75 Å². The minimum Gasteiger partial charge on any atom is -0.481 e. The van der Waals surface area contributed by atoms with Gasteiger partial charge in [0.15, 0.2) is 6.10 Å². The fraction of sp³-hybridized carbons (Fsp3) is 0.200. The largest absolute Gasteiger partial charge is 0.481 e. The van der Waals surface area contributed by atoms with Gasteiger partial charge in [0.05, 0.1) is 6.42 Å². The van der Waals surface area contributed by atoms with Gasteiger partial charge in [-0.05, 0) is 35.3 Å². The Hall–Kier alpha value is -1.06. The summed E-state index contributed by atoms with van der Waals surface area (Å²) in [5.41, 5.74) is 0. The van der Waals surface area contributed by atoms with Gasteiger partial charge in [-0.2, -0.15) is 0 Å². The lowest BCUT2D eigenvalue weighted by Crippen LogP contribution is -2.25. The van der Waals surface area contributed by atoms with Crippen molar-refractivity contribution in [2.75, 3.05) is 0 Å². The highest BCUT2D eigenvalue weighted by molar-refractivity contribution is 6.66. The van der Waals surface area contributed by atoms with Gasteiger partial charge in [-0.3, -0.25) is 9.59 Å². The van der Waals surface area contributed by atoms with Gasteiger partial charge >= 0.3 is 0 Å². The number of halogens is 2. The van der Waals surface area contributed by atoms with Gasteiger partial charge in [0.25, 0.3) is 5.24 Å². The molecule has 0 radical (unpaired) electrons. The van der Waals surface area contributed by atoms with E-state index in [4.69, 9.17) is 27.9 Å². The summed E-state index contributed by atoms with van der Waals surface area (Å²) >= 11 is 10.4. The molecule has 0 fully saturated rings. The Morgan fingerprint density at radius 2 is 1.80 bits per heavy atom. The Kier molecular flexibility index (Phi) is 4.59. The van der Waals surface area contributed by atoms with Crippen LogP contribution in [0.1, 0.15) is 6.42 Å². The van der Waals surface area contributed by atoms with Crippen molar-refractivity contribution >= 4 is 33.7 Å². The third-order valence-corrected chi connectivity index (χ3v) is 2.02. The first kappa shape index (κ1) is 12.0. The van der Waals surface area contributed by atoms with E-state index in [1.54, 1.807) is 30.3 Å². The van der Waals surface area contributed by atoms with E-state index in [-0.39, 0.29) is 6.42 Å². The monoisotopic (exact) mass is 246 g/mol. The van der Waals surface area contributed by atoms with Crippen LogP contribution in [0.4, 0.5) is 0 Å². The Morgan fingerprint density at radius 3 is 2.27 bits per heavy atom. The summed E-state index contributed by atoms with van der Waals surface area (Å²) in [6.45, 7) is 0. The maximum atomic E-state index is 10.9. The van der Waals surface area contributed by atoms with Gasteiger partial charge in [0, 0.05) is 0 Å². The number of rotatable bonds is 5. The van der Waals surface area contributed by atoms with E-state index in [0.29, 0.717) is 5.75 Å². The van der Waals surface area contributed by atoms with E-state index < -0.39 is 16.6 Å². The molecule has 1 unspecified atom stereocenters. The average Bonchev–Trinajstić information content (AvgIpc) is 2.17. The molecular weight excluding hydrogens is 239 g/mol. The predicted molar refractivity (Wildman–Crippen MR) is 57.2 cm³/mol. The van der Waals surface area contributed by atoms with Gasteiger partial charge in [-0.1, -0.05) is 18.2 Å². The van der Waals surface area contributed by atoms with Crippen LogP contribution in [0.15, 0.2) is 30.3 Å². The molecule has 0 amide bonds. The second kappa shape index (κ2) is 5.73. The molecule has 0 spiro atoms. The lowest BCUT2D eigenvalue weighted by molar-refractivity contribution is -0.122. The standard InChI is InChI=1S/C10H8Cl2O3/c11-9(13)6-8(10(12)14)15-7-4-2-1-3-5-7/h1-5,8H,6H2. The molecule has 0 aliphatic heterocycles. The quantitative estimate of drug-likeness (QED) is 0.750. The topological polar surface area (TPSA) is 43.4 Å². The van der Waals surface area contributed by atoms with Crippen LogP contribution in [0.3, 0.4) is 0 Å². The van der Waals surface area contributed by atoms with E-state index in [1.165, 1.54) is 0 Å². The lowest BCUT2D eigenvalue weighted by Gasteiger charge is -2.12. The molecule has 0 bridgehead atoms. The Balaban J connectivity index is 2.67. The molecule has 5 heteroatoms. The highest BCUT2D eigenvalue weighted by Gasteiger charge is 2.21. The minimum atomic E-state index is -1.03. The third-order valence-electron chi connectivity index (χ3n) is 1.62. The van der Waals surface area contributed by atoms with Gasteiger partial charge in [-0.25, -0.2) is 0 Å². The summed E-state index contributed by atoms with van der Waals surface area (Å²) < 4.78 is 5.20. The van der Waals surface area contributed by atoms with Gasteiger partial charge in [-0.15, -0.1) is 0 Å². The second-order valence-corrected chi connectivity index (χ2v) is 3.58. The summed E-state index contributed by atoms with van der Waals surface area (Å²) in [5.74, 6) is 0.467. The molecule has 0 saturated heterocycles. The molecule has 1 aromatic rings. The molecule has 15 heavy (non-hydrogen) atoms. The molecule has 1 aromatic carbocycles. The number of ether oxygens (including phenoxy) is 1. The maximum Gasteiger partial charge on any atom is 0.262 e. The summed E-state index contributed by atoms with van der Waals surface area (Å²) in [5, 5.41) is -1.40. The van der Waals surface area contributed by atoms with Crippen LogP contribution in [-0.2, 0) is 9.59 Å². The molecule has 0 aliphatic carbocycles. The van der Waals surface area contributed by atoms with Gasteiger partial charge < -0.3 is 4.74 Å². The summed E-state index contributed by atoms with van der Waals surface area (Å²) in [6, 6.07) is 8.61. The van der Waals surface area contributed by atoms with Crippen molar-refractivity contribution in [3.63, 3.8) is 0 Å². The fourth-order valence-electron chi connectivity index (χ4n) is 0.977. The minimum absolute atomic E-state index is 0.237. The van der Waals surface area contributed by atoms with Crippen LogP contribution < -0.4 is 4.74 Å². The summed E-state index contributed by atoms with van der Waals surface area (Å²) in [7, 11) is 0. The van der Waals surface area contributed by atoms with Crippen LogP contribution in [0, 0.1) is 0 Å². The van der Waals surface area contributed by atoms with Crippen LogP contribution in [0.2, 0.25) is 0 Å². The first-order chi connectivity index (χ1) is 7.09. The maximum absolute atomic E-state index is 10.9. The molecule has 0 heterocycles. The molecule has 0 saturated carbocycles. The van der Waals surface area contributed by atoms with Crippen molar-refractivity contribution in [2.24, 2.45) is 0 Å². The zero-order chi connectivity index (χ0) is 11.3. The number of benzene rings is 1. The molecule has 0 N–H and O–H groups in total. The van der Waals surface area contributed by atoms with Crippen molar-refractivity contribution in [2.45, 2.75) is 12.5 Å². The molecule has 80 valence electrons. The highest BCUT2D eigenvalue weighted by Crippen LogP contribution is 2.14. The van der Waals surface area contributed by atoms with Crippen LogP contribution in [-0.4, -0.2) is 16.6 Å². The van der Waals surface area contributed by atoms with E-state index in [1.807, 2.05) is 0 Å². The van der Waals surface area contributed by atoms with Crippen LogP contribution in [0.5, 0.6) is 5.75 Å². The third kappa shape index (κ3) is 4.32. The van der Waals surface area contributed by atoms with Crippen molar-refractivity contribution in [1.82, 2.24) is 0 Å². The van der Waals surface area contributed by atoms with Crippen LogP contribution in [0.25, 0.3) is 0 Å². The SMILES string of the molecule is O=C(Cl)CC(Oc1ccccc1)C(=O)Cl. The number of hydrogen-bond donors (Lipinski definition) is 0. The molecule has 3 nitrogen and oxygen atoms in total. The Labute approximate surface area is 96.9 Å². The molecule has 1 atom stereocenters. The second-order valence-electron chi connectivity index (χ2n) is 2.78. The number of carbonyl (C=O) groups is 2. The van der Waals surface area contributed by atoms with Crippen molar-refractivity contribution in [3.8, 4) is 5.75 Å². The van der Waals surface area contributed by atoms with Crippen molar-refractivity contribution in [3.05, 3.63) is 30.3 Å². The smallest absolute Gasteiger partial charge is 0.262 e. The normalized spacial score (nSPS) is 11.9. The molecule has 0 aromatic heterocycles. The zero-order valence-corrected chi connectivity index (χ0v) is 9.16. The zero-order valence-electron chi connectivity index (χ0n) is 7.65. The van der Waals surface area contributed by atoms with Gasteiger partial charge in [0.2, 0.25) is 5.24 Å². The summed E-state index contributed by atoms with van der Waals surface area (Å²) in [6.07, 6.45) is -1.27. The van der Waals surface area contributed by atoms with E-state index in [2.05, 4.69) is 0 Å². The molecule has 0 aliphatic rings. The van der Waals surface area contributed by atoms with E-state index >= 15 is 0 Å². The molecule has 1 rings (SSSR count). The average molecular weight is 247 g/mol. The lowest BCUT2D eigenvalue weighted by atomic mass is 10.3. The highest BCUT2D eigenvalue weighted by atomic mass is 35.5. The summed E-state index contributed by atoms with van der Waals surface area (Å²) in [4.78, 5) is 21.5. The molecular formula is C10H8Cl2O3. The Morgan fingerprint density at radius 1 is 1.20 bits per heavy atom. The van der Waals surface area contributed by atoms with E-state index in [0.717, 1.165) is 0 Å². The first-order valence-electron chi connectivity index (χ1n) is 4.19. The number of carbonyl (C=O) groups excluding carboxylic acids is 2. The Bertz CT molecular complexity index is 351. The fourth-order valence-corrected chi connectivity index (χ4v) is 1.24. The number of para-hydroxylation sites is 1. The van der Waals surface area contributed by atoms with Crippen molar-refractivity contribution < 1.29 is 14.3 Å². The predicted octanol–water partition coefficient (Wildman–Crippen LogP) is 2.35.